The third-order valence-electron chi connectivity index (χ3n) is 4.21. The summed E-state index contributed by atoms with van der Waals surface area (Å²) in [5.41, 5.74) is 5.88. The Kier molecular flexibility index (Phi) is 10.8. The van der Waals surface area contributed by atoms with Crippen molar-refractivity contribution in [2.24, 2.45) is 5.73 Å². The standard InChI is InChI=1S/C22H34N4O5/c1-5-9-16(26-22(2,3)4)19(28)21(30)24-12-18(27)25-17(20(23)29)14-31-13-15-10-7-6-8-11-15/h6-8,10-11,16-17,26H,5,9,12-14H2,1-4H3,(H2,23,29)(H,24,30)(H,25,27). The van der Waals surface area contributed by atoms with Gasteiger partial charge in [0.1, 0.15) is 6.04 Å². The van der Waals surface area contributed by atoms with Gasteiger partial charge in [0.2, 0.25) is 17.6 Å². The van der Waals surface area contributed by atoms with Gasteiger partial charge in [-0.15, -0.1) is 0 Å². The van der Waals surface area contributed by atoms with Gasteiger partial charge in [0.15, 0.2) is 0 Å². The molecule has 0 spiro atoms. The maximum atomic E-state index is 12.4. The van der Waals surface area contributed by atoms with Crippen LogP contribution in [0.3, 0.4) is 0 Å². The van der Waals surface area contributed by atoms with Crippen molar-refractivity contribution in [3.05, 3.63) is 35.9 Å². The van der Waals surface area contributed by atoms with Crippen LogP contribution in [0.5, 0.6) is 0 Å². The molecule has 0 bridgehead atoms. The van der Waals surface area contributed by atoms with Crippen molar-refractivity contribution < 1.29 is 23.9 Å². The molecule has 0 aliphatic heterocycles. The van der Waals surface area contributed by atoms with Gasteiger partial charge >= 0.3 is 0 Å². The molecule has 2 unspecified atom stereocenters. The highest BCUT2D eigenvalue weighted by Gasteiger charge is 2.28. The Balaban J connectivity index is 2.51. The third kappa shape index (κ3) is 10.7. The van der Waals surface area contributed by atoms with Gasteiger partial charge in [0.05, 0.1) is 25.8 Å². The minimum atomic E-state index is -1.06. The lowest BCUT2D eigenvalue weighted by atomic mass is 10.0. The number of amides is 3. The quantitative estimate of drug-likeness (QED) is 0.332. The minimum absolute atomic E-state index is 0.114. The van der Waals surface area contributed by atoms with Crippen LogP contribution in [0.1, 0.15) is 46.1 Å². The van der Waals surface area contributed by atoms with Crippen LogP contribution >= 0.6 is 0 Å². The molecule has 0 saturated carbocycles. The number of ether oxygens (including phenoxy) is 1. The zero-order valence-corrected chi connectivity index (χ0v) is 18.7. The molecule has 172 valence electrons. The molecule has 0 aliphatic carbocycles. The maximum absolute atomic E-state index is 12.4. The van der Waals surface area contributed by atoms with Crippen molar-refractivity contribution in [2.75, 3.05) is 13.2 Å². The monoisotopic (exact) mass is 434 g/mol. The van der Waals surface area contributed by atoms with Crippen LogP contribution in [0.15, 0.2) is 30.3 Å². The summed E-state index contributed by atoms with van der Waals surface area (Å²) in [7, 11) is 0. The SMILES string of the molecule is CCCC(NC(C)(C)C)C(=O)C(=O)NCC(=O)NC(COCc1ccccc1)C(N)=O. The van der Waals surface area contributed by atoms with E-state index in [1.54, 1.807) is 0 Å². The van der Waals surface area contributed by atoms with Crippen molar-refractivity contribution in [1.29, 1.82) is 0 Å². The molecule has 0 radical (unpaired) electrons. The summed E-state index contributed by atoms with van der Waals surface area (Å²) in [6, 6.07) is 7.63. The normalized spacial score (nSPS) is 13.2. The molecule has 3 amide bonds. The molecular formula is C22H34N4O5. The molecule has 1 rings (SSSR count). The van der Waals surface area contributed by atoms with Gasteiger partial charge in [-0.3, -0.25) is 19.2 Å². The lowest BCUT2D eigenvalue weighted by Gasteiger charge is -2.27. The van der Waals surface area contributed by atoms with Crippen LogP contribution in [-0.2, 0) is 30.5 Å². The first-order chi connectivity index (χ1) is 14.5. The van der Waals surface area contributed by atoms with E-state index in [0.29, 0.717) is 6.42 Å². The second-order valence-electron chi connectivity index (χ2n) is 8.31. The number of Topliss-reactive ketones (excluding diaryl/α,β-unsaturated/α-hetero) is 1. The van der Waals surface area contributed by atoms with E-state index >= 15 is 0 Å². The predicted molar refractivity (Wildman–Crippen MR) is 117 cm³/mol. The maximum Gasteiger partial charge on any atom is 0.289 e. The van der Waals surface area contributed by atoms with E-state index in [0.717, 1.165) is 12.0 Å². The lowest BCUT2D eigenvalue weighted by Crippen LogP contribution is -2.54. The van der Waals surface area contributed by atoms with Crippen LogP contribution in [0.4, 0.5) is 0 Å². The summed E-state index contributed by atoms with van der Waals surface area (Å²) in [5, 5.41) is 7.83. The average molecular weight is 435 g/mol. The van der Waals surface area contributed by atoms with Crippen LogP contribution in [0, 0.1) is 0 Å². The molecule has 5 N–H and O–H groups in total. The Morgan fingerprint density at radius 1 is 1.06 bits per heavy atom. The van der Waals surface area contributed by atoms with Crippen molar-refractivity contribution in [3.8, 4) is 0 Å². The predicted octanol–water partition coefficient (Wildman–Crippen LogP) is 0.415. The first-order valence-electron chi connectivity index (χ1n) is 10.3. The van der Waals surface area contributed by atoms with E-state index in [1.165, 1.54) is 0 Å². The number of rotatable bonds is 13. The number of carbonyl (C=O) groups excluding carboxylic acids is 4. The van der Waals surface area contributed by atoms with Crippen LogP contribution in [0.2, 0.25) is 0 Å². The van der Waals surface area contributed by atoms with Gasteiger partial charge in [-0.25, -0.2) is 0 Å². The number of nitrogens with one attached hydrogen (secondary N) is 3. The zero-order chi connectivity index (χ0) is 23.4. The van der Waals surface area contributed by atoms with Crippen LogP contribution in [-0.4, -0.2) is 54.3 Å². The topological polar surface area (TPSA) is 140 Å². The number of hydrogen-bond donors (Lipinski definition) is 4. The number of hydrogen-bond acceptors (Lipinski definition) is 6. The number of benzene rings is 1. The number of carbonyl (C=O) groups is 4. The zero-order valence-electron chi connectivity index (χ0n) is 18.7. The summed E-state index contributed by atoms with van der Waals surface area (Å²) in [4.78, 5) is 48.4. The molecule has 0 heterocycles. The largest absolute Gasteiger partial charge is 0.374 e. The fourth-order valence-electron chi connectivity index (χ4n) is 2.80. The number of ketones is 1. The summed E-state index contributed by atoms with van der Waals surface area (Å²) < 4.78 is 5.45. The smallest absolute Gasteiger partial charge is 0.289 e. The van der Waals surface area contributed by atoms with E-state index in [1.807, 2.05) is 58.0 Å². The van der Waals surface area contributed by atoms with Gasteiger partial charge in [-0.05, 0) is 32.8 Å². The molecule has 1 aromatic rings. The lowest BCUT2D eigenvalue weighted by molar-refractivity contribution is -0.140. The Bertz CT molecular complexity index is 746. The highest BCUT2D eigenvalue weighted by molar-refractivity contribution is 6.38. The van der Waals surface area contributed by atoms with Crippen molar-refractivity contribution in [3.63, 3.8) is 0 Å². The highest BCUT2D eigenvalue weighted by Crippen LogP contribution is 2.07. The van der Waals surface area contributed by atoms with Gasteiger partial charge in [-0.2, -0.15) is 0 Å². The Morgan fingerprint density at radius 3 is 2.26 bits per heavy atom. The first kappa shape index (κ1) is 26.3. The van der Waals surface area contributed by atoms with E-state index < -0.39 is 42.1 Å². The molecule has 9 heteroatoms. The summed E-state index contributed by atoms with van der Waals surface area (Å²) >= 11 is 0. The summed E-state index contributed by atoms with van der Waals surface area (Å²) in [6.45, 7) is 7.30. The fourth-order valence-corrected chi connectivity index (χ4v) is 2.80. The summed E-state index contributed by atoms with van der Waals surface area (Å²) in [5.74, 6) is -2.91. The van der Waals surface area contributed by atoms with Crippen molar-refractivity contribution in [1.82, 2.24) is 16.0 Å². The van der Waals surface area contributed by atoms with E-state index in [4.69, 9.17) is 10.5 Å². The number of nitrogens with two attached hydrogens (primary N) is 1. The van der Waals surface area contributed by atoms with E-state index in [2.05, 4.69) is 16.0 Å². The average Bonchev–Trinajstić information content (AvgIpc) is 2.70. The summed E-state index contributed by atoms with van der Waals surface area (Å²) in [6.07, 6.45) is 1.22. The number of primary amides is 1. The Labute approximate surface area is 183 Å². The molecule has 0 aliphatic rings. The molecule has 2 atom stereocenters. The van der Waals surface area contributed by atoms with Gasteiger partial charge < -0.3 is 26.4 Å². The van der Waals surface area contributed by atoms with Crippen LogP contribution < -0.4 is 21.7 Å². The van der Waals surface area contributed by atoms with Crippen LogP contribution in [0.25, 0.3) is 0 Å². The second-order valence-corrected chi connectivity index (χ2v) is 8.31. The molecule has 0 saturated heterocycles. The van der Waals surface area contributed by atoms with Crippen molar-refractivity contribution >= 4 is 23.5 Å². The molecule has 9 nitrogen and oxygen atoms in total. The highest BCUT2D eigenvalue weighted by atomic mass is 16.5. The third-order valence-corrected chi connectivity index (χ3v) is 4.21. The van der Waals surface area contributed by atoms with E-state index in [-0.39, 0.29) is 18.8 Å². The second kappa shape index (κ2) is 12.8. The van der Waals surface area contributed by atoms with Gasteiger partial charge in [0.25, 0.3) is 5.91 Å². The molecule has 0 fully saturated rings. The van der Waals surface area contributed by atoms with Crippen molar-refractivity contribution in [2.45, 2.75) is 64.8 Å². The first-order valence-corrected chi connectivity index (χ1v) is 10.3. The Hall–Kier alpha value is -2.78. The molecule has 0 aromatic heterocycles. The molecule has 1 aromatic carbocycles. The minimum Gasteiger partial charge on any atom is -0.374 e. The van der Waals surface area contributed by atoms with E-state index in [9.17, 15) is 19.2 Å². The Morgan fingerprint density at radius 2 is 1.71 bits per heavy atom. The van der Waals surface area contributed by atoms with Gasteiger partial charge in [0, 0.05) is 5.54 Å². The van der Waals surface area contributed by atoms with Gasteiger partial charge in [-0.1, -0.05) is 43.7 Å². The molecule has 31 heavy (non-hydrogen) atoms. The fraction of sp³-hybridized carbons (Fsp3) is 0.545. The molecular weight excluding hydrogens is 400 g/mol.